The molecule has 1 aromatic rings. The van der Waals surface area contributed by atoms with Crippen LogP contribution in [0.15, 0.2) is 12.1 Å². The third-order valence-corrected chi connectivity index (χ3v) is 5.21. The summed E-state index contributed by atoms with van der Waals surface area (Å²) in [5, 5.41) is 9.37. The van der Waals surface area contributed by atoms with E-state index in [1.807, 2.05) is 19.2 Å². The van der Waals surface area contributed by atoms with Crippen LogP contribution < -0.4 is 0 Å². The van der Waals surface area contributed by atoms with Gasteiger partial charge >= 0.3 is 5.97 Å². The van der Waals surface area contributed by atoms with Crippen molar-refractivity contribution in [2.45, 2.75) is 38.8 Å². The molecule has 0 saturated heterocycles. The number of carbonyl (C=O) groups is 1. The molecule has 0 aliphatic heterocycles. The largest absolute Gasteiger partial charge is 0.481 e. The van der Waals surface area contributed by atoms with Crippen LogP contribution in [0.3, 0.4) is 0 Å². The van der Waals surface area contributed by atoms with Gasteiger partial charge in [0.1, 0.15) is 0 Å². The van der Waals surface area contributed by atoms with Gasteiger partial charge in [-0.2, -0.15) is 0 Å². The molecular weight excluding hydrogens is 282 g/mol. The molecule has 0 radical (unpaired) electrons. The lowest BCUT2D eigenvalue weighted by Gasteiger charge is -2.38. The van der Waals surface area contributed by atoms with E-state index in [1.54, 1.807) is 11.3 Å². The topological polar surface area (TPSA) is 40.5 Å². The summed E-state index contributed by atoms with van der Waals surface area (Å²) < 4.78 is 0.787. The molecule has 0 aromatic carbocycles. The smallest absolute Gasteiger partial charge is 0.308 e. The molecule has 106 valence electrons. The van der Waals surface area contributed by atoms with Gasteiger partial charge in [-0.05, 0) is 44.4 Å². The zero-order valence-corrected chi connectivity index (χ0v) is 12.9. The van der Waals surface area contributed by atoms with Crippen molar-refractivity contribution in [2.75, 3.05) is 7.05 Å². The molecule has 0 bridgehead atoms. The number of thiophene rings is 1. The lowest BCUT2D eigenvalue weighted by Crippen LogP contribution is -2.44. The molecule has 1 N–H and O–H groups in total. The van der Waals surface area contributed by atoms with Gasteiger partial charge in [0.25, 0.3) is 0 Å². The molecule has 0 spiro atoms. The van der Waals surface area contributed by atoms with Crippen LogP contribution in [0, 0.1) is 11.8 Å². The summed E-state index contributed by atoms with van der Waals surface area (Å²) in [6.07, 6.45) is 2.77. The molecule has 1 fully saturated rings. The summed E-state index contributed by atoms with van der Waals surface area (Å²) in [4.78, 5) is 14.8. The van der Waals surface area contributed by atoms with Crippen LogP contribution in [0.4, 0.5) is 0 Å². The van der Waals surface area contributed by atoms with E-state index in [1.165, 1.54) is 4.88 Å². The van der Waals surface area contributed by atoms with Gasteiger partial charge in [0.15, 0.2) is 0 Å². The SMILES string of the molecule is CC1CCC(C(=O)O)C(N(C)Cc2ccc(Cl)s2)C1. The first-order chi connectivity index (χ1) is 8.97. The highest BCUT2D eigenvalue weighted by molar-refractivity contribution is 7.16. The first-order valence-corrected chi connectivity index (χ1v) is 7.84. The van der Waals surface area contributed by atoms with E-state index in [9.17, 15) is 9.90 Å². The summed E-state index contributed by atoms with van der Waals surface area (Å²) >= 11 is 7.50. The van der Waals surface area contributed by atoms with E-state index in [0.717, 1.165) is 30.1 Å². The second-order valence-electron chi connectivity index (χ2n) is 5.55. The molecule has 3 unspecified atom stereocenters. The maximum atomic E-state index is 11.4. The van der Waals surface area contributed by atoms with Gasteiger partial charge in [-0.1, -0.05) is 18.5 Å². The van der Waals surface area contributed by atoms with Crippen LogP contribution >= 0.6 is 22.9 Å². The number of hydrogen-bond donors (Lipinski definition) is 1. The molecule has 1 aromatic heterocycles. The molecular formula is C14H20ClNO2S. The van der Waals surface area contributed by atoms with Crippen molar-refractivity contribution in [1.29, 1.82) is 0 Å². The quantitative estimate of drug-likeness (QED) is 0.921. The number of hydrogen-bond acceptors (Lipinski definition) is 3. The predicted octanol–water partition coefficient (Wildman–Crippen LogP) is 3.72. The summed E-state index contributed by atoms with van der Waals surface area (Å²) in [6, 6.07) is 4.04. The Morgan fingerprint density at radius 1 is 1.53 bits per heavy atom. The fourth-order valence-electron chi connectivity index (χ4n) is 2.93. The fraction of sp³-hybridized carbons (Fsp3) is 0.643. The minimum atomic E-state index is -0.659. The van der Waals surface area contributed by atoms with Crippen LogP contribution in [-0.2, 0) is 11.3 Å². The molecule has 1 aliphatic carbocycles. The molecule has 1 heterocycles. The van der Waals surface area contributed by atoms with E-state index in [-0.39, 0.29) is 12.0 Å². The van der Waals surface area contributed by atoms with E-state index in [0.29, 0.717) is 5.92 Å². The van der Waals surface area contributed by atoms with Gasteiger partial charge < -0.3 is 5.11 Å². The summed E-state index contributed by atoms with van der Waals surface area (Å²) in [7, 11) is 2.02. The van der Waals surface area contributed by atoms with E-state index >= 15 is 0 Å². The molecule has 2 rings (SSSR count). The number of carboxylic acid groups (broad SMARTS) is 1. The molecule has 0 amide bonds. The van der Waals surface area contributed by atoms with Gasteiger partial charge in [-0.15, -0.1) is 11.3 Å². The highest BCUT2D eigenvalue weighted by atomic mass is 35.5. The van der Waals surface area contributed by atoms with E-state index in [2.05, 4.69) is 11.8 Å². The Bertz CT molecular complexity index is 448. The molecule has 3 atom stereocenters. The Morgan fingerprint density at radius 3 is 2.84 bits per heavy atom. The summed E-state index contributed by atoms with van der Waals surface area (Å²) in [5.74, 6) is -0.292. The molecule has 3 nitrogen and oxygen atoms in total. The Morgan fingerprint density at radius 2 is 2.26 bits per heavy atom. The molecule has 1 aliphatic rings. The number of halogens is 1. The normalized spacial score (nSPS) is 27.7. The standard InChI is InChI=1S/C14H20ClNO2S/c1-9-3-5-11(14(17)18)12(7-9)16(2)8-10-4-6-13(15)19-10/h4,6,9,11-12H,3,5,7-8H2,1-2H3,(H,17,18). The third-order valence-electron chi connectivity index (χ3n) is 4.00. The maximum Gasteiger partial charge on any atom is 0.308 e. The predicted molar refractivity (Wildman–Crippen MR) is 78.7 cm³/mol. The Labute approximate surface area is 123 Å². The monoisotopic (exact) mass is 301 g/mol. The third kappa shape index (κ3) is 3.71. The Hall–Kier alpha value is -0.580. The number of carboxylic acids is 1. The zero-order valence-electron chi connectivity index (χ0n) is 11.3. The number of aliphatic carboxylic acids is 1. The molecule has 1 saturated carbocycles. The minimum absolute atomic E-state index is 0.127. The molecule has 5 heteroatoms. The maximum absolute atomic E-state index is 11.4. The van der Waals surface area contributed by atoms with Crippen molar-refractivity contribution in [3.63, 3.8) is 0 Å². The zero-order chi connectivity index (χ0) is 14.0. The van der Waals surface area contributed by atoms with Crippen LogP contribution in [0.1, 0.15) is 31.1 Å². The van der Waals surface area contributed by atoms with E-state index < -0.39 is 5.97 Å². The number of nitrogens with zero attached hydrogens (tertiary/aromatic N) is 1. The first-order valence-electron chi connectivity index (χ1n) is 6.64. The second-order valence-corrected chi connectivity index (χ2v) is 7.35. The van der Waals surface area contributed by atoms with Crippen LogP contribution in [-0.4, -0.2) is 29.1 Å². The highest BCUT2D eigenvalue weighted by Gasteiger charge is 2.35. The average molecular weight is 302 g/mol. The lowest BCUT2D eigenvalue weighted by molar-refractivity contribution is -0.146. The van der Waals surface area contributed by atoms with E-state index in [4.69, 9.17) is 11.6 Å². The van der Waals surface area contributed by atoms with Gasteiger partial charge in [0, 0.05) is 17.5 Å². The first kappa shape index (κ1) is 14.8. The minimum Gasteiger partial charge on any atom is -0.481 e. The van der Waals surface area contributed by atoms with Gasteiger partial charge in [0.05, 0.1) is 10.3 Å². The Balaban J connectivity index is 2.05. The van der Waals surface area contributed by atoms with Gasteiger partial charge in [-0.25, -0.2) is 0 Å². The average Bonchev–Trinajstić information content (AvgIpc) is 2.74. The van der Waals surface area contributed by atoms with Crippen molar-refractivity contribution in [1.82, 2.24) is 4.90 Å². The Kier molecular flexibility index (Phi) is 4.87. The van der Waals surface area contributed by atoms with Crippen molar-refractivity contribution >= 4 is 28.9 Å². The van der Waals surface area contributed by atoms with Crippen molar-refractivity contribution < 1.29 is 9.90 Å². The van der Waals surface area contributed by atoms with Gasteiger partial charge in [0.2, 0.25) is 0 Å². The summed E-state index contributed by atoms with van der Waals surface area (Å²) in [5.41, 5.74) is 0. The summed E-state index contributed by atoms with van der Waals surface area (Å²) in [6.45, 7) is 2.99. The van der Waals surface area contributed by atoms with Gasteiger partial charge in [-0.3, -0.25) is 9.69 Å². The number of rotatable bonds is 4. The van der Waals surface area contributed by atoms with Crippen molar-refractivity contribution in [3.8, 4) is 0 Å². The van der Waals surface area contributed by atoms with Crippen LogP contribution in [0.5, 0.6) is 0 Å². The van der Waals surface area contributed by atoms with Crippen molar-refractivity contribution in [3.05, 3.63) is 21.3 Å². The fourth-order valence-corrected chi connectivity index (χ4v) is 4.08. The van der Waals surface area contributed by atoms with Crippen molar-refractivity contribution in [2.24, 2.45) is 11.8 Å². The highest BCUT2D eigenvalue weighted by Crippen LogP contribution is 2.33. The molecule has 19 heavy (non-hydrogen) atoms. The van der Waals surface area contributed by atoms with Crippen LogP contribution in [0.2, 0.25) is 4.34 Å². The van der Waals surface area contributed by atoms with Crippen LogP contribution in [0.25, 0.3) is 0 Å². The second kappa shape index (κ2) is 6.25. The lowest BCUT2D eigenvalue weighted by atomic mass is 9.78.